The number of aryl methyl sites for hydroxylation is 1. The molecule has 25 heavy (non-hydrogen) atoms. The second kappa shape index (κ2) is 7.70. The number of para-hydroxylation sites is 1. The summed E-state index contributed by atoms with van der Waals surface area (Å²) < 4.78 is 0. The molecule has 0 radical (unpaired) electrons. The van der Waals surface area contributed by atoms with Gasteiger partial charge in [-0.2, -0.15) is 4.98 Å². The summed E-state index contributed by atoms with van der Waals surface area (Å²) in [5.41, 5.74) is 3.25. The van der Waals surface area contributed by atoms with E-state index in [1.165, 1.54) is 24.8 Å². The number of benzene rings is 2. The number of nitrogens with one attached hydrogen (secondary N) is 1. The molecule has 5 heteroatoms. The molecule has 1 fully saturated rings. The lowest BCUT2D eigenvalue weighted by Gasteiger charge is -2.28. The smallest absolute Gasteiger partial charge is 0.229 e. The van der Waals surface area contributed by atoms with Crippen LogP contribution >= 0.6 is 12.4 Å². The maximum atomic E-state index is 4.85. The minimum absolute atomic E-state index is 0. The zero-order chi connectivity index (χ0) is 16.4. The van der Waals surface area contributed by atoms with E-state index in [1.54, 1.807) is 0 Å². The minimum atomic E-state index is 0. The number of fused-ring (bicyclic) bond motifs is 1. The molecule has 4 nitrogen and oxygen atoms in total. The fraction of sp³-hybridized carbons (Fsp3) is 0.300. The molecule has 4 rings (SSSR count). The Kier molecular flexibility index (Phi) is 5.39. The molecule has 2 aromatic carbocycles. The van der Waals surface area contributed by atoms with Gasteiger partial charge in [0.25, 0.3) is 0 Å². The van der Waals surface area contributed by atoms with Gasteiger partial charge in [-0.3, -0.25) is 0 Å². The second-order valence-corrected chi connectivity index (χ2v) is 6.43. The van der Waals surface area contributed by atoms with Crippen molar-refractivity contribution in [3.05, 3.63) is 54.1 Å². The Morgan fingerprint density at radius 3 is 2.36 bits per heavy atom. The van der Waals surface area contributed by atoms with Gasteiger partial charge in [-0.05, 0) is 50.5 Å². The maximum absolute atomic E-state index is 4.85. The lowest BCUT2D eigenvalue weighted by molar-refractivity contribution is 0.575. The molecule has 1 aliphatic rings. The van der Waals surface area contributed by atoms with Crippen molar-refractivity contribution in [3.8, 4) is 0 Å². The molecular weight excluding hydrogens is 332 g/mol. The van der Waals surface area contributed by atoms with E-state index >= 15 is 0 Å². The quantitative estimate of drug-likeness (QED) is 0.711. The van der Waals surface area contributed by atoms with Crippen LogP contribution < -0.4 is 10.2 Å². The van der Waals surface area contributed by atoms with E-state index < -0.39 is 0 Å². The molecule has 0 saturated carbocycles. The lowest BCUT2D eigenvalue weighted by atomic mass is 10.1. The van der Waals surface area contributed by atoms with E-state index in [0.717, 1.165) is 35.5 Å². The molecule has 130 valence electrons. The van der Waals surface area contributed by atoms with Crippen LogP contribution in [-0.4, -0.2) is 23.1 Å². The Balaban J connectivity index is 0.00000182. The van der Waals surface area contributed by atoms with Crippen molar-refractivity contribution in [2.24, 2.45) is 0 Å². The van der Waals surface area contributed by atoms with Gasteiger partial charge in [0.1, 0.15) is 5.82 Å². The summed E-state index contributed by atoms with van der Waals surface area (Å²) in [5.74, 6) is 1.72. The topological polar surface area (TPSA) is 41.1 Å². The molecule has 2 heterocycles. The summed E-state index contributed by atoms with van der Waals surface area (Å²) in [7, 11) is 0. The van der Waals surface area contributed by atoms with Gasteiger partial charge in [-0.15, -0.1) is 12.4 Å². The summed E-state index contributed by atoms with van der Waals surface area (Å²) in [6.07, 6.45) is 3.78. The fourth-order valence-corrected chi connectivity index (χ4v) is 3.23. The standard InChI is InChI=1S/C20H22N4.ClH/c1-15-9-11-16(12-10-15)21-20-22-18-8-4-3-7-17(18)19(23-20)24-13-5-2-6-14-24;/h3-4,7-12H,2,5-6,13-14H2,1H3,(H,21,22,23);1H. The molecule has 1 N–H and O–H groups in total. The van der Waals surface area contributed by atoms with Crippen LogP contribution in [0.1, 0.15) is 24.8 Å². The molecule has 0 aliphatic carbocycles. The number of hydrogen-bond donors (Lipinski definition) is 1. The third-order valence-corrected chi connectivity index (χ3v) is 4.55. The zero-order valence-electron chi connectivity index (χ0n) is 14.4. The van der Waals surface area contributed by atoms with Gasteiger partial charge in [-0.25, -0.2) is 4.98 Å². The lowest BCUT2D eigenvalue weighted by Crippen LogP contribution is -2.30. The second-order valence-electron chi connectivity index (χ2n) is 6.43. The van der Waals surface area contributed by atoms with E-state index in [9.17, 15) is 0 Å². The summed E-state index contributed by atoms with van der Waals surface area (Å²) >= 11 is 0. The van der Waals surface area contributed by atoms with Crippen molar-refractivity contribution in [2.45, 2.75) is 26.2 Å². The number of nitrogens with zero attached hydrogens (tertiary/aromatic N) is 3. The van der Waals surface area contributed by atoms with Crippen molar-refractivity contribution in [1.82, 2.24) is 9.97 Å². The predicted octanol–water partition coefficient (Wildman–Crippen LogP) is 5.09. The van der Waals surface area contributed by atoms with Gasteiger partial charge in [0.05, 0.1) is 5.52 Å². The first-order chi connectivity index (χ1) is 11.8. The average Bonchev–Trinajstić information content (AvgIpc) is 2.64. The SMILES string of the molecule is Cc1ccc(Nc2nc(N3CCCCC3)c3ccccc3n2)cc1.Cl. The molecule has 0 unspecified atom stereocenters. The number of anilines is 3. The monoisotopic (exact) mass is 354 g/mol. The van der Waals surface area contributed by atoms with Crippen LogP contribution in [0.25, 0.3) is 10.9 Å². The van der Waals surface area contributed by atoms with Gasteiger partial charge < -0.3 is 10.2 Å². The van der Waals surface area contributed by atoms with Crippen LogP contribution in [0.4, 0.5) is 17.5 Å². The Morgan fingerprint density at radius 2 is 1.60 bits per heavy atom. The largest absolute Gasteiger partial charge is 0.356 e. The number of halogens is 1. The Labute approximate surface area is 154 Å². The summed E-state index contributed by atoms with van der Waals surface area (Å²) in [4.78, 5) is 11.9. The summed E-state index contributed by atoms with van der Waals surface area (Å²) in [6.45, 7) is 4.24. The molecule has 0 amide bonds. The van der Waals surface area contributed by atoms with Crippen molar-refractivity contribution >= 4 is 40.8 Å². The first kappa shape index (κ1) is 17.5. The van der Waals surface area contributed by atoms with E-state index in [2.05, 4.69) is 59.6 Å². The Hall–Kier alpha value is -2.33. The van der Waals surface area contributed by atoms with Crippen molar-refractivity contribution < 1.29 is 0 Å². The zero-order valence-corrected chi connectivity index (χ0v) is 15.2. The molecule has 0 spiro atoms. The first-order valence-electron chi connectivity index (χ1n) is 8.65. The van der Waals surface area contributed by atoms with E-state index in [1.807, 2.05) is 6.07 Å². The van der Waals surface area contributed by atoms with Gasteiger partial charge in [0, 0.05) is 24.2 Å². The van der Waals surface area contributed by atoms with Crippen LogP contribution in [-0.2, 0) is 0 Å². The van der Waals surface area contributed by atoms with Crippen LogP contribution in [0.3, 0.4) is 0 Å². The third-order valence-electron chi connectivity index (χ3n) is 4.55. The maximum Gasteiger partial charge on any atom is 0.229 e. The van der Waals surface area contributed by atoms with Gasteiger partial charge in [0.2, 0.25) is 5.95 Å². The number of piperidine rings is 1. The highest BCUT2D eigenvalue weighted by atomic mass is 35.5. The van der Waals surface area contributed by atoms with Crippen molar-refractivity contribution in [1.29, 1.82) is 0 Å². The summed E-state index contributed by atoms with van der Waals surface area (Å²) in [5, 5.41) is 4.49. The molecule has 3 aromatic rings. The van der Waals surface area contributed by atoms with Crippen molar-refractivity contribution in [2.75, 3.05) is 23.3 Å². The third kappa shape index (κ3) is 3.85. The molecule has 0 bridgehead atoms. The number of aromatic nitrogens is 2. The molecular formula is C20H23ClN4. The molecule has 1 aliphatic heterocycles. The highest BCUT2D eigenvalue weighted by Gasteiger charge is 2.17. The summed E-state index contributed by atoms with van der Waals surface area (Å²) in [6, 6.07) is 16.6. The minimum Gasteiger partial charge on any atom is -0.356 e. The normalized spacial score (nSPS) is 14.2. The number of hydrogen-bond acceptors (Lipinski definition) is 4. The van der Waals surface area contributed by atoms with E-state index in [-0.39, 0.29) is 12.4 Å². The van der Waals surface area contributed by atoms with Gasteiger partial charge >= 0.3 is 0 Å². The molecule has 1 saturated heterocycles. The highest BCUT2D eigenvalue weighted by Crippen LogP contribution is 2.28. The predicted molar refractivity (Wildman–Crippen MR) is 107 cm³/mol. The van der Waals surface area contributed by atoms with Gasteiger partial charge in [0.15, 0.2) is 0 Å². The van der Waals surface area contributed by atoms with Crippen LogP contribution in [0.5, 0.6) is 0 Å². The fourth-order valence-electron chi connectivity index (χ4n) is 3.23. The molecule has 0 atom stereocenters. The Bertz CT molecular complexity index is 842. The van der Waals surface area contributed by atoms with Crippen molar-refractivity contribution in [3.63, 3.8) is 0 Å². The van der Waals surface area contributed by atoms with Crippen LogP contribution in [0, 0.1) is 6.92 Å². The van der Waals surface area contributed by atoms with E-state index in [4.69, 9.17) is 9.97 Å². The van der Waals surface area contributed by atoms with Gasteiger partial charge in [-0.1, -0.05) is 29.8 Å². The first-order valence-corrected chi connectivity index (χ1v) is 8.65. The average molecular weight is 355 g/mol. The van der Waals surface area contributed by atoms with Crippen LogP contribution in [0.2, 0.25) is 0 Å². The number of rotatable bonds is 3. The Morgan fingerprint density at radius 1 is 0.880 bits per heavy atom. The van der Waals surface area contributed by atoms with Crippen LogP contribution in [0.15, 0.2) is 48.5 Å². The highest BCUT2D eigenvalue weighted by molar-refractivity contribution is 5.90. The molecule has 1 aromatic heterocycles. The van der Waals surface area contributed by atoms with E-state index in [0.29, 0.717) is 5.95 Å².